The predicted molar refractivity (Wildman–Crippen MR) is 115 cm³/mol. The maximum Gasteiger partial charge on any atom is 0.0736 e. The molecule has 0 fully saturated rings. The molecule has 0 aliphatic heterocycles. The lowest BCUT2D eigenvalue weighted by molar-refractivity contribution is 0.779. The van der Waals surface area contributed by atoms with Crippen molar-refractivity contribution in [3.8, 4) is 10.4 Å². The van der Waals surface area contributed by atoms with Crippen LogP contribution in [0.3, 0.4) is 0 Å². The number of fused-ring (bicyclic) bond motifs is 9. The van der Waals surface area contributed by atoms with Gasteiger partial charge in [0.2, 0.25) is 0 Å². The SMILES string of the molecule is Cc1csc2c1C1(C3=C(C=CC(C)C=C3)c3ccccc31)c1ccccc1-2. The van der Waals surface area contributed by atoms with E-state index < -0.39 is 0 Å². The van der Waals surface area contributed by atoms with Crippen LogP contribution in [-0.2, 0) is 5.41 Å². The van der Waals surface area contributed by atoms with Crippen LogP contribution in [0.4, 0.5) is 0 Å². The van der Waals surface area contributed by atoms with Gasteiger partial charge < -0.3 is 0 Å². The number of rotatable bonds is 0. The fourth-order valence-electron chi connectivity index (χ4n) is 5.30. The summed E-state index contributed by atoms with van der Waals surface area (Å²) >= 11 is 1.90. The zero-order chi connectivity index (χ0) is 18.2. The van der Waals surface area contributed by atoms with Gasteiger partial charge in [-0.25, -0.2) is 0 Å². The Labute approximate surface area is 164 Å². The number of hydrogen-bond donors (Lipinski definition) is 0. The second-order valence-electron chi connectivity index (χ2n) is 7.87. The number of hydrogen-bond acceptors (Lipinski definition) is 1. The van der Waals surface area contributed by atoms with Crippen LogP contribution in [-0.4, -0.2) is 0 Å². The van der Waals surface area contributed by atoms with Crippen LogP contribution in [0, 0.1) is 12.8 Å². The molecule has 27 heavy (non-hydrogen) atoms. The molecule has 1 aromatic heterocycles. The summed E-state index contributed by atoms with van der Waals surface area (Å²) in [7, 11) is 0. The molecule has 1 spiro atoms. The average molecular weight is 365 g/mol. The molecule has 3 aromatic rings. The summed E-state index contributed by atoms with van der Waals surface area (Å²) in [5, 5.41) is 2.34. The summed E-state index contributed by atoms with van der Waals surface area (Å²) in [6.45, 7) is 4.54. The minimum Gasteiger partial charge on any atom is -0.143 e. The zero-order valence-corrected chi connectivity index (χ0v) is 16.3. The molecule has 0 amide bonds. The number of thiophene rings is 1. The first-order valence-corrected chi connectivity index (χ1v) is 10.5. The minimum atomic E-state index is -0.174. The summed E-state index contributed by atoms with van der Waals surface area (Å²) in [6, 6.07) is 18.1. The summed E-state index contributed by atoms with van der Waals surface area (Å²) in [5.41, 5.74) is 11.2. The smallest absolute Gasteiger partial charge is 0.0736 e. The Morgan fingerprint density at radius 2 is 1.52 bits per heavy atom. The molecule has 3 aliphatic carbocycles. The lowest BCUT2D eigenvalue weighted by Crippen LogP contribution is -2.27. The molecule has 0 N–H and O–H groups in total. The van der Waals surface area contributed by atoms with E-state index in [-0.39, 0.29) is 5.41 Å². The van der Waals surface area contributed by atoms with E-state index in [2.05, 4.69) is 92.1 Å². The highest BCUT2D eigenvalue weighted by molar-refractivity contribution is 7.14. The second kappa shape index (κ2) is 5.21. The standard InChI is InChI=1S/C26H20S/c1-16-11-13-19-18-7-3-5-9-21(18)26(23(19)14-12-16)22-10-6-4-8-20(22)25-24(26)17(2)15-27-25/h3-16H,1-2H3. The van der Waals surface area contributed by atoms with Crippen LogP contribution in [0.5, 0.6) is 0 Å². The Morgan fingerprint density at radius 1 is 0.852 bits per heavy atom. The fourth-order valence-corrected chi connectivity index (χ4v) is 6.45. The third-order valence-corrected chi connectivity index (χ3v) is 7.51. The molecule has 1 heteroatoms. The number of aryl methyl sites for hydroxylation is 1. The Bertz CT molecular complexity index is 1200. The maximum atomic E-state index is 2.41. The zero-order valence-electron chi connectivity index (χ0n) is 15.5. The lowest BCUT2D eigenvalue weighted by atomic mass is 9.69. The molecular weight excluding hydrogens is 344 g/mol. The van der Waals surface area contributed by atoms with Crippen molar-refractivity contribution in [2.24, 2.45) is 5.92 Å². The third-order valence-electron chi connectivity index (χ3n) is 6.37. The van der Waals surface area contributed by atoms with Crippen LogP contribution in [0.1, 0.15) is 34.7 Å². The van der Waals surface area contributed by atoms with E-state index in [0.717, 1.165) is 0 Å². The van der Waals surface area contributed by atoms with E-state index in [9.17, 15) is 0 Å². The van der Waals surface area contributed by atoms with Crippen LogP contribution >= 0.6 is 11.3 Å². The van der Waals surface area contributed by atoms with Crippen LogP contribution < -0.4 is 0 Å². The minimum absolute atomic E-state index is 0.174. The maximum absolute atomic E-state index is 2.41. The Kier molecular flexibility index (Phi) is 2.97. The van der Waals surface area contributed by atoms with Crippen molar-refractivity contribution >= 4 is 16.9 Å². The van der Waals surface area contributed by atoms with Gasteiger partial charge >= 0.3 is 0 Å². The molecular formula is C26H20S. The molecule has 2 atom stereocenters. The highest BCUT2D eigenvalue weighted by Crippen LogP contribution is 2.64. The summed E-state index contributed by atoms with van der Waals surface area (Å²) < 4.78 is 0. The van der Waals surface area contributed by atoms with Crippen molar-refractivity contribution in [1.29, 1.82) is 0 Å². The summed E-state index contributed by atoms with van der Waals surface area (Å²) in [6.07, 6.45) is 9.45. The average Bonchev–Trinajstić information content (AvgIpc) is 3.25. The fraction of sp³-hybridized carbons (Fsp3) is 0.154. The van der Waals surface area contributed by atoms with E-state index in [1.165, 1.54) is 49.4 Å². The molecule has 0 nitrogen and oxygen atoms in total. The van der Waals surface area contributed by atoms with Gasteiger partial charge in [0.15, 0.2) is 0 Å². The largest absolute Gasteiger partial charge is 0.143 e. The molecule has 1 heterocycles. The molecule has 0 radical (unpaired) electrons. The first-order valence-electron chi connectivity index (χ1n) is 9.62. The first-order chi connectivity index (χ1) is 13.2. The van der Waals surface area contributed by atoms with Crippen LogP contribution in [0.25, 0.3) is 16.0 Å². The van der Waals surface area contributed by atoms with Crippen molar-refractivity contribution < 1.29 is 0 Å². The molecule has 2 aromatic carbocycles. The van der Waals surface area contributed by atoms with Gasteiger partial charge in [0.1, 0.15) is 0 Å². The van der Waals surface area contributed by atoms with Crippen molar-refractivity contribution in [2.75, 3.05) is 0 Å². The van der Waals surface area contributed by atoms with E-state index in [1.54, 1.807) is 0 Å². The number of allylic oxidation sites excluding steroid dienone is 6. The van der Waals surface area contributed by atoms with Crippen molar-refractivity contribution in [2.45, 2.75) is 19.3 Å². The molecule has 3 aliphatic rings. The van der Waals surface area contributed by atoms with E-state index >= 15 is 0 Å². The molecule has 130 valence electrons. The number of benzene rings is 2. The van der Waals surface area contributed by atoms with Gasteiger partial charge in [-0.15, -0.1) is 11.3 Å². The quantitative estimate of drug-likeness (QED) is 0.407. The molecule has 0 saturated heterocycles. The topological polar surface area (TPSA) is 0 Å². The van der Waals surface area contributed by atoms with Gasteiger partial charge in [-0.3, -0.25) is 0 Å². The second-order valence-corrected chi connectivity index (χ2v) is 8.75. The Hall–Kier alpha value is -2.64. The van der Waals surface area contributed by atoms with E-state index in [4.69, 9.17) is 0 Å². The summed E-state index contributed by atoms with van der Waals surface area (Å²) in [4.78, 5) is 1.45. The predicted octanol–water partition coefficient (Wildman–Crippen LogP) is 6.90. The molecule has 0 bridgehead atoms. The monoisotopic (exact) mass is 364 g/mol. The van der Waals surface area contributed by atoms with E-state index in [0.29, 0.717) is 5.92 Å². The Balaban J connectivity index is 1.84. The van der Waals surface area contributed by atoms with E-state index in [1.807, 2.05) is 11.3 Å². The molecule has 0 saturated carbocycles. The normalized spacial score (nSPS) is 24.0. The highest BCUT2D eigenvalue weighted by atomic mass is 32.1. The van der Waals surface area contributed by atoms with Gasteiger partial charge in [0, 0.05) is 4.88 Å². The van der Waals surface area contributed by atoms with Gasteiger partial charge in [0.05, 0.1) is 5.41 Å². The van der Waals surface area contributed by atoms with Crippen molar-refractivity contribution in [3.05, 3.63) is 112 Å². The van der Waals surface area contributed by atoms with Gasteiger partial charge in [-0.2, -0.15) is 0 Å². The van der Waals surface area contributed by atoms with Crippen molar-refractivity contribution in [3.63, 3.8) is 0 Å². The van der Waals surface area contributed by atoms with Crippen molar-refractivity contribution in [1.82, 2.24) is 0 Å². The molecule has 6 rings (SSSR count). The van der Waals surface area contributed by atoms with Gasteiger partial charge in [-0.1, -0.05) is 79.8 Å². The van der Waals surface area contributed by atoms with Crippen LogP contribution in [0.2, 0.25) is 0 Å². The third kappa shape index (κ3) is 1.74. The Morgan fingerprint density at radius 3 is 2.33 bits per heavy atom. The van der Waals surface area contributed by atoms with Gasteiger partial charge in [-0.05, 0) is 62.7 Å². The lowest BCUT2D eigenvalue weighted by Gasteiger charge is -2.31. The molecule has 2 unspecified atom stereocenters. The van der Waals surface area contributed by atoms with Crippen LogP contribution in [0.15, 0.2) is 83.8 Å². The first kappa shape index (κ1) is 15.4. The summed E-state index contributed by atoms with van der Waals surface area (Å²) in [5.74, 6) is 0.458. The highest BCUT2D eigenvalue weighted by Gasteiger charge is 2.53. The van der Waals surface area contributed by atoms with Gasteiger partial charge in [0.25, 0.3) is 0 Å².